The monoisotopic (exact) mass is 264 g/mol. The highest BCUT2D eigenvalue weighted by Crippen LogP contribution is 2.10. The van der Waals surface area contributed by atoms with Gasteiger partial charge in [-0.2, -0.15) is 4.39 Å². The number of rotatable bonds is 12. The van der Waals surface area contributed by atoms with Gasteiger partial charge in [0.25, 0.3) is 0 Å². The fraction of sp³-hybridized carbons (Fsp3) is 0.857. The van der Waals surface area contributed by atoms with E-state index in [1.807, 2.05) is 0 Å². The lowest BCUT2D eigenvalue weighted by molar-refractivity contribution is 0.234. The molecule has 0 spiro atoms. The zero-order valence-electron chi connectivity index (χ0n) is 11.0. The van der Waals surface area contributed by atoms with Crippen LogP contribution in [-0.2, 0) is 4.74 Å². The van der Waals surface area contributed by atoms with Gasteiger partial charge in [0.2, 0.25) is 5.29 Å². The highest BCUT2D eigenvalue weighted by molar-refractivity contribution is 6.27. The summed E-state index contributed by atoms with van der Waals surface area (Å²) in [5.74, 6) is 0. The van der Waals surface area contributed by atoms with Crippen molar-refractivity contribution in [3.63, 3.8) is 0 Å². The Hall–Kier alpha value is -0.240. The largest absolute Gasteiger partial charge is 0.497 e. The molecular formula is C14H26ClFO. The van der Waals surface area contributed by atoms with Crippen LogP contribution in [0.15, 0.2) is 11.5 Å². The lowest BCUT2D eigenvalue weighted by Crippen LogP contribution is -1.88. The van der Waals surface area contributed by atoms with Crippen LogP contribution >= 0.6 is 11.6 Å². The molecule has 0 heterocycles. The van der Waals surface area contributed by atoms with Crippen LogP contribution in [0.3, 0.4) is 0 Å². The highest BCUT2D eigenvalue weighted by atomic mass is 35.5. The first-order valence-electron chi connectivity index (χ1n) is 6.90. The first-order chi connectivity index (χ1) is 8.27. The molecule has 0 bridgehead atoms. The van der Waals surface area contributed by atoms with E-state index in [4.69, 9.17) is 16.3 Å². The first-order valence-corrected chi connectivity index (χ1v) is 7.28. The molecule has 0 aromatic heterocycles. The van der Waals surface area contributed by atoms with Gasteiger partial charge < -0.3 is 4.74 Å². The maximum atomic E-state index is 12.0. The molecule has 0 aromatic rings. The Labute approximate surface area is 110 Å². The molecule has 0 fully saturated rings. The SMILES string of the molecule is CCCCCCCCCCCCOC=C(F)Cl. The zero-order valence-corrected chi connectivity index (χ0v) is 11.8. The minimum atomic E-state index is -0.780. The van der Waals surface area contributed by atoms with E-state index < -0.39 is 5.29 Å². The molecule has 102 valence electrons. The number of ether oxygens (including phenoxy) is 1. The summed E-state index contributed by atoms with van der Waals surface area (Å²) in [7, 11) is 0. The van der Waals surface area contributed by atoms with Gasteiger partial charge in [0.05, 0.1) is 6.61 Å². The third-order valence-electron chi connectivity index (χ3n) is 2.79. The second-order valence-electron chi connectivity index (χ2n) is 4.46. The van der Waals surface area contributed by atoms with Crippen molar-refractivity contribution in [2.45, 2.75) is 71.1 Å². The molecule has 1 nitrogen and oxygen atoms in total. The Balaban J connectivity index is 2.96. The molecule has 0 unspecified atom stereocenters. The maximum Gasteiger partial charge on any atom is 0.223 e. The smallest absolute Gasteiger partial charge is 0.223 e. The number of hydrogen-bond donors (Lipinski definition) is 0. The molecule has 0 saturated heterocycles. The van der Waals surface area contributed by atoms with Crippen LogP contribution in [0.4, 0.5) is 4.39 Å². The van der Waals surface area contributed by atoms with Gasteiger partial charge >= 0.3 is 0 Å². The van der Waals surface area contributed by atoms with Crippen molar-refractivity contribution in [2.24, 2.45) is 0 Å². The van der Waals surface area contributed by atoms with Crippen LogP contribution in [-0.4, -0.2) is 6.61 Å². The molecule has 0 aliphatic rings. The van der Waals surface area contributed by atoms with Crippen molar-refractivity contribution >= 4 is 11.6 Å². The van der Waals surface area contributed by atoms with Crippen molar-refractivity contribution < 1.29 is 9.13 Å². The average Bonchev–Trinajstić information content (AvgIpc) is 2.30. The second kappa shape index (κ2) is 13.8. The van der Waals surface area contributed by atoms with Crippen molar-refractivity contribution in [3.8, 4) is 0 Å². The molecule has 0 amide bonds. The van der Waals surface area contributed by atoms with E-state index in [2.05, 4.69) is 6.92 Å². The summed E-state index contributed by atoms with van der Waals surface area (Å²) >= 11 is 4.98. The van der Waals surface area contributed by atoms with Crippen molar-refractivity contribution in [1.82, 2.24) is 0 Å². The predicted octanol–water partition coefficient (Wildman–Crippen LogP) is 5.93. The average molecular weight is 265 g/mol. The summed E-state index contributed by atoms with van der Waals surface area (Å²) in [6, 6.07) is 0. The van der Waals surface area contributed by atoms with Crippen molar-refractivity contribution in [3.05, 3.63) is 11.5 Å². The van der Waals surface area contributed by atoms with E-state index in [0.717, 1.165) is 19.1 Å². The summed E-state index contributed by atoms with van der Waals surface area (Å²) in [5, 5.41) is -0.780. The molecule has 0 saturated carbocycles. The lowest BCUT2D eigenvalue weighted by Gasteiger charge is -2.02. The summed E-state index contributed by atoms with van der Waals surface area (Å²) in [4.78, 5) is 0. The number of hydrogen-bond acceptors (Lipinski definition) is 1. The van der Waals surface area contributed by atoms with Gasteiger partial charge in [0, 0.05) is 0 Å². The van der Waals surface area contributed by atoms with Gasteiger partial charge in [-0.15, -0.1) is 0 Å². The van der Waals surface area contributed by atoms with Gasteiger partial charge in [0.1, 0.15) is 6.26 Å². The Kier molecular flexibility index (Phi) is 13.6. The van der Waals surface area contributed by atoms with Crippen molar-refractivity contribution in [2.75, 3.05) is 6.61 Å². The van der Waals surface area contributed by atoms with Crippen LogP contribution < -0.4 is 0 Å². The quantitative estimate of drug-likeness (QED) is 0.313. The first kappa shape index (κ1) is 16.8. The van der Waals surface area contributed by atoms with Crippen LogP contribution in [0, 0.1) is 0 Å². The van der Waals surface area contributed by atoms with Crippen LogP contribution in [0.2, 0.25) is 0 Å². The van der Waals surface area contributed by atoms with Gasteiger partial charge in [0.15, 0.2) is 0 Å². The molecule has 0 aromatic carbocycles. The molecule has 0 aliphatic heterocycles. The molecule has 0 aliphatic carbocycles. The minimum absolute atomic E-state index is 0.566. The summed E-state index contributed by atoms with van der Waals surface area (Å²) in [5.41, 5.74) is 0. The normalized spacial score (nSPS) is 11.8. The summed E-state index contributed by atoms with van der Waals surface area (Å²) < 4.78 is 16.9. The third kappa shape index (κ3) is 15.8. The molecule has 0 radical (unpaired) electrons. The van der Waals surface area contributed by atoms with Gasteiger partial charge in [-0.25, -0.2) is 0 Å². The van der Waals surface area contributed by atoms with Gasteiger partial charge in [-0.1, -0.05) is 64.7 Å². The fourth-order valence-corrected chi connectivity index (χ4v) is 1.86. The Morgan fingerprint density at radius 3 is 1.88 bits per heavy atom. The minimum Gasteiger partial charge on any atom is -0.497 e. The molecule has 0 atom stereocenters. The standard InChI is InChI=1S/C14H26ClFO/c1-2-3-4-5-6-7-8-9-10-11-12-17-13-14(15)16/h13H,2-12H2,1H3. The molecule has 3 heteroatoms. The Morgan fingerprint density at radius 1 is 0.941 bits per heavy atom. The maximum absolute atomic E-state index is 12.0. The van der Waals surface area contributed by atoms with E-state index in [-0.39, 0.29) is 0 Å². The number of unbranched alkanes of at least 4 members (excludes halogenated alkanes) is 9. The topological polar surface area (TPSA) is 9.23 Å². The summed E-state index contributed by atoms with van der Waals surface area (Å²) in [6.45, 7) is 2.81. The van der Waals surface area contributed by atoms with Gasteiger partial charge in [-0.3, -0.25) is 0 Å². The molecule has 17 heavy (non-hydrogen) atoms. The molecular weight excluding hydrogens is 239 g/mol. The van der Waals surface area contributed by atoms with E-state index in [1.165, 1.54) is 51.4 Å². The van der Waals surface area contributed by atoms with Gasteiger partial charge in [-0.05, 0) is 18.0 Å². The molecule has 0 N–H and O–H groups in total. The lowest BCUT2D eigenvalue weighted by atomic mass is 10.1. The van der Waals surface area contributed by atoms with Crippen LogP contribution in [0.25, 0.3) is 0 Å². The molecule has 0 rings (SSSR count). The second-order valence-corrected chi connectivity index (χ2v) is 4.82. The third-order valence-corrected chi connectivity index (χ3v) is 2.88. The number of halogens is 2. The van der Waals surface area contributed by atoms with E-state index in [1.54, 1.807) is 0 Å². The van der Waals surface area contributed by atoms with E-state index >= 15 is 0 Å². The van der Waals surface area contributed by atoms with Crippen LogP contribution in [0.1, 0.15) is 71.1 Å². The zero-order chi connectivity index (χ0) is 12.8. The Morgan fingerprint density at radius 2 is 1.41 bits per heavy atom. The highest BCUT2D eigenvalue weighted by Gasteiger charge is 1.93. The van der Waals surface area contributed by atoms with Crippen molar-refractivity contribution in [1.29, 1.82) is 0 Å². The Bertz CT molecular complexity index is 179. The van der Waals surface area contributed by atoms with E-state index in [0.29, 0.717) is 6.61 Å². The van der Waals surface area contributed by atoms with E-state index in [9.17, 15) is 4.39 Å². The summed E-state index contributed by atoms with van der Waals surface area (Å²) in [6.07, 6.45) is 13.9. The fourth-order valence-electron chi connectivity index (χ4n) is 1.79. The van der Waals surface area contributed by atoms with Crippen LogP contribution in [0.5, 0.6) is 0 Å². The predicted molar refractivity (Wildman–Crippen MR) is 72.8 cm³/mol.